The summed E-state index contributed by atoms with van der Waals surface area (Å²) in [5.41, 5.74) is 13.5. The van der Waals surface area contributed by atoms with E-state index in [2.05, 4.69) is 206 Å². The lowest BCUT2D eigenvalue weighted by Gasteiger charge is -2.28. The van der Waals surface area contributed by atoms with Gasteiger partial charge in [0.25, 0.3) is 0 Å². The maximum absolute atomic E-state index is 6.34. The SMILES string of the molecule is Cc1c(-c2cccc(-c3ccc(N(c4ccc(-c5cc6ccccc6c6ccccc56)cc4)c4ccccc4-c4ccccc4)cc3)c2)oc2ccccc12. The Kier molecular flexibility index (Phi) is 8.08. The smallest absolute Gasteiger partial charge is 0.138 e. The number of hydrogen-bond donors (Lipinski definition) is 0. The molecule has 0 spiro atoms. The first-order chi connectivity index (χ1) is 27.2. The van der Waals surface area contributed by atoms with Crippen LogP contribution in [0.2, 0.25) is 0 Å². The zero-order chi connectivity index (χ0) is 36.7. The van der Waals surface area contributed by atoms with E-state index in [1.54, 1.807) is 0 Å². The lowest BCUT2D eigenvalue weighted by molar-refractivity contribution is 0.629. The Balaban J connectivity index is 1.06. The van der Waals surface area contributed by atoms with E-state index in [-0.39, 0.29) is 0 Å². The second-order valence-corrected chi connectivity index (χ2v) is 14.1. The first-order valence-electron chi connectivity index (χ1n) is 18.8. The third-order valence-electron chi connectivity index (χ3n) is 10.9. The van der Waals surface area contributed by atoms with Crippen LogP contribution in [-0.2, 0) is 0 Å². The Morgan fingerprint density at radius 1 is 0.364 bits per heavy atom. The number of fused-ring (bicyclic) bond motifs is 4. The van der Waals surface area contributed by atoms with Gasteiger partial charge in [0.15, 0.2) is 0 Å². The topological polar surface area (TPSA) is 16.4 Å². The molecule has 2 nitrogen and oxygen atoms in total. The minimum atomic E-state index is 0.916. The number of furan rings is 1. The summed E-state index contributed by atoms with van der Waals surface area (Å²) in [7, 11) is 0. The van der Waals surface area contributed by atoms with E-state index in [9.17, 15) is 0 Å². The molecule has 2 heteroatoms. The molecular weight excluding hydrogens is 667 g/mol. The number of anilines is 3. The van der Waals surface area contributed by atoms with Crippen LogP contribution in [0.15, 0.2) is 211 Å². The average molecular weight is 704 g/mol. The maximum Gasteiger partial charge on any atom is 0.138 e. The molecule has 260 valence electrons. The summed E-state index contributed by atoms with van der Waals surface area (Å²) in [6, 6.07) is 74.0. The van der Waals surface area contributed by atoms with Gasteiger partial charge in [0, 0.05) is 33.5 Å². The van der Waals surface area contributed by atoms with E-state index in [4.69, 9.17) is 4.42 Å². The molecule has 0 bridgehead atoms. The van der Waals surface area contributed by atoms with Crippen molar-refractivity contribution in [2.24, 2.45) is 0 Å². The van der Waals surface area contributed by atoms with Crippen molar-refractivity contribution >= 4 is 49.6 Å². The zero-order valence-corrected chi connectivity index (χ0v) is 30.5. The van der Waals surface area contributed by atoms with Crippen LogP contribution in [-0.4, -0.2) is 0 Å². The summed E-state index contributed by atoms with van der Waals surface area (Å²) < 4.78 is 6.34. The lowest BCUT2D eigenvalue weighted by Crippen LogP contribution is -2.11. The van der Waals surface area contributed by atoms with Gasteiger partial charge in [-0.25, -0.2) is 0 Å². The van der Waals surface area contributed by atoms with Crippen LogP contribution < -0.4 is 4.90 Å². The summed E-state index contributed by atoms with van der Waals surface area (Å²) in [6.45, 7) is 2.14. The van der Waals surface area contributed by atoms with Gasteiger partial charge in [-0.1, -0.05) is 158 Å². The van der Waals surface area contributed by atoms with Crippen LogP contribution >= 0.6 is 0 Å². The molecule has 0 atom stereocenters. The Bertz CT molecular complexity index is 2970. The van der Waals surface area contributed by atoms with Gasteiger partial charge in [-0.15, -0.1) is 0 Å². The van der Waals surface area contributed by atoms with Crippen molar-refractivity contribution in [3.8, 4) is 44.7 Å². The van der Waals surface area contributed by atoms with Crippen LogP contribution in [0.4, 0.5) is 17.1 Å². The predicted octanol–water partition coefficient (Wildman–Crippen LogP) is 15.2. The molecule has 1 aromatic heterocycles. The normalized spacial score (nSPS) is 11.4. The molecule has 0 fully saturated rings. The number of rotatable bonds is 7. The number of aryl methyl sites for hydroxylation is 1. The van der Waals surface area contributed by atoms with Crippen molar-refractivity contribution in [2.45, 2.75) is 6.92 Å². The lowest BCUT2D eigenvalue weighted by atomic mass is 9.93. The third-order valence-corrected chi connectivity index (χ3v) is 10.9. The first-order valence-corrected chi connectivity index (χ1v) is 18.8. The van der Waals surface area contributed by atoms with Gasteiger partial charge in [0.1, 0.15) is 11.3 Å². The maximum atomic E-state index is 6.34. The average Bonchev–Trinajstić information content (AvgIpc) is 3.60. The second-order valence-electron chi connectivity index (χ2n) is 14.1. The highest BCUT2D eigenvalue weighted by molar-refractivity contribution is 6.13. The molecule has 0 radical (unpaired) electrons. The molecule has 0 saturated heterocycles. The Morgan fingerprint density at radius 3 is 1.69 bits per heavy atom. The number of hydrogen-bond acceptors (Lipinski definition) is 2. The van der Waals surface area contributed by atoms with Gasteiger partial charge < -0.3 is 9.32 Å². The molecule has 55 heavy (non-hydrogen) atoms. The standard InChI is InChI=1S/C53H37NO/c1-36-45-19-10-12-25-52(45)55-53(36)42-18-13-17-40(34-42)37-26-30-43(31-27-37)54(51-24-11-9-21-47(51)38-14-3-2-4-15-38)44-32-28-39(29-33-44)50-35-41-16-5-6-20-46(41)48-22-7-8-23-49(48)50/h2-35H,1H3. The molecule has 0 amide bonds. The van der Waals surface area contributed by atoms with E-state index in [0.29, 0.717) is 0 Å². The van der Waals surface area contributed by atoms with Crippen molar-refractivity contribution in [3.05, 3.63) is 212 Å². The van der Waals surface area contributed by atoms with E-state index in [1.807, 2.05) is 12.1 Å². The van der Waals surface area contributed by atoms with Gasteiger partial charge >= 0.3 is 0 Å². The highest BCUT2D eigenvalue weighted by Gasteiger charge is 2.19. The molecule has 0 aliphatic carbocycles. The molecule has 0 aliphatic heterocycles. The molecule has 0 aliphatic rings. The molecule has 0 unspecified atom stereocenters. The van der Waals surface area contributed by atoms with Gasteiger partial charge in [-0.05, 0) is 105 Å². The highest BCUT2D eigenvalue weighted by Crippen LogP contribution is 2.43. The van der Waals surface area contributed by atoms with Gasteiger partial charge in [0.2, 0.25) is 0 Å². The monoisotopic (exact) mass is 703 g/mol. The Labute approximate surface area is 321 Å². The van der Waals surface area contributed by atoms with E-state index < -0.39 is 0 Å². The fourth-order valence-corrected chi connectivity index (χ4v) is 8.13. The molecule has 1 heterocycles. The van der Waals surface area contributed by atoms with Crippen molar-refractivity contribution in [1.82, 2.24) is 0 Å². The van der Waals surface area contributed by atoms with Crippen LogP contribution in [0.25, 0.3) is 77.2 Å². The zero-order valence-electron chi connectivity index (χ0n) is 30.5. The summed E-state index contributed by atoms with van der Waals surface area (Å²) in [5.74, 6) is 0.920. The number of benzene rings is 9. The largest absolute Gasteiger partial charge is 0.456 e. The second kappa shape index (κ2) is 13.7. The molecule has 0 N–H and O–H groups in total. The van der Waals surface area contributed by atoms with Crippen LogP contribution in [0.3, 0.4) is 0 Å². The van der Waals surface area contributed by atoms with Crippen molar-refractivity contribution in [1.29, 1.82) is 0 Å². The van der Waals surface area contributed by atoms with E-state index in [0.717, 1.165) is 56.0 Å². The fourth-order valence-electron chi connectivity index (χ4n) is 8.13. The molecule has 10 aromatic rings. The van der Waals surface area contributed by atoms with Crippen molar-refractivity contribution in [2.75, 3.05) is 4.90 Å². The van der Waals surface area contributed by atoms with E-state index in [1.165, 1.54) is 43.8 Å². The van der Waals surface area contributed by atoms with Gasteiger partial charge in [-0.3, -0.25) is 0 Å². The Hall–Kier alpha value is -7.16. The minimum Gasteiger partial charge on any atom is -0.456 e. The minimum absolute atomic E-state index is 0.916. The summed E-state index contributed by atoms with van der Waals surface area (Å²) in [6.07, 6.45) is 0. The van der Waals surface area contributed by atoms with E-state index >= 15 is 0 Å². The molecule has 9 aromatic carbocycles. The van der Waals surface area contributed by atoms with Gasteiger partial charge in [-0.2, -0.15) is 0 Å². The van der Waals surface area contributed by atoms with Crippen molar-refractivity contribution in [3.63, 3.8) is 0 Å². The molecule has 0 saturated carbocycles. The summed E-state index contributed by atoms with van der Waals surface area (Å²) >= 11 is 0. The highest BCUT2D eigenvalue weighted by atomic mass is 16.3. The summed E-state index contributed by atoms with van der Waals surface area (Å²) in [4.78, 5) is 2.38. The fraction of sp³-hybridized carbons (Fsp3) is 0.0189. The number of nitrogens with zero attached hydrogens (tertiary/aromatic N) is 1. The van der Waals surface area contributed by atoms with Crippen LogP contribution in [0.1, 0.15) is 5.56 Å². The first kappa shape index (κ1) is 32.5. The molecular formula is C53H37NO. The quantitative estimate of drug-likeness (QED) is 0.154. The Morgan fingerprint density at radius 2 is 0.927 bits per heavy atom. The predicted molar refractivity (Wildman–Crippen MR) is 232 cm³/mol. The van der Waals surface area contributed by atoms with Crippen LogP contribution in [0.5, 0.6) is 0 Å². The third kappa shape index (κ3) is 5.85. The van der Waals surface area contributed by atoms with Gasteiger partial charge in [0.05, 0.1) is 5.69 Å². The van der Waals surface area contributed by atoms with Crippen molar-refractivity contribution < 1.29 is 4.42 Å². The summed E-state index contributed by atoms with van der Waals surface area (Å²) in [5, 5.41) is 6.22. The molecule has 10 rings (SSSR count). The van der Waals surface area contributed by atoms with Crippen LogP contribution in [0, 0.1) is 6.92 Å². The number of para-hydroxylation sites is 2.